The summed E-state index contributed by atoms with van der Waals surface area (Å²) in [6, 6.07) is 10.2. The molecule has 0 spiro atoms. The van der Waals surface area contributed by atoms with Crippen molar-refractivity contribution < 1.29 is 22.7 Å². The summed E-state index contributed by atoms with van der Waals surface area (Å²) in [4.78, 5) is 26.7. The Morgan fingerprint density at radius 1 is 1.06 bits per heavy atom. The number of rotatable bonds is 5. The van der Waals surface area contributed by atoms with Crippen LogP contribution in [0.2, 0.25) is 0 Å². The van der Waals surface area contributed by atoms with Crippen LogP contribution in [-0.4, -0.2) is 50.8 Å². The molecule has 0 aliphatic carbocycles. The highest BCUT2D eigenvalue weighted by Gasteiger charge is 2.31. The van der Waals surface area contributed by atoms with E-state index in [-0.39, 0.29) is 29.6 Å². The molecule has 1 saturated heterocycles. The topological polar surface area (TPSA) is 96.0 Å². The number of anilines is 2. The highest BCUT2D eigenvalue weighted by molar-refractivity contribution is 7.89. The van der Waals surface area contributed by atoms with Gasteiger partial charge in [0, 0.05) is 18.8 Å². The molecule has 0 saturated carbocycles. The quantitative estimate of drug-likeness (QED) is 0.745. The van der Waals surface area contributed by atoms with E-state index in [1.54, 1.807) is 6.07 Å². The van der Waals surface area contributed by atoms with Crippen molar-refractivity contribution in [2.45, 2.75) is 38.0 Å². The second-order valence-electron chi connectivity index (χ2n) is 8.23. The van der Waals surface area contributed by atoms with Crippen molar-refractivity contribution in [1.82, 2.24) is 4.31 Å². The molecule has 0 unspecified atom stereocenters. The molecule has 0 bridgehead atoms. The number of piperidine rings is 1. The van der Waals surface area contributed by atoms with E-state index in [4.69, 9.17) is 4.74 Å². The monoisotopic (exact) mass is 457 g/mol. The Kier molecular flexibility index (Phi) is 6.21. The van der Waals surface area contributed by atoms with Crippen LogP contribution in [0.5, 0.6) is 5.75 Å². The number of amides is 2. The van der Waals surface area contributed by atoms with E-state index >= 15 is 0 Å². The lowest BCUT2D eigenvalue weighted by Gasteiger charge is -2.30. The Bertz CT molecular complexity index is 1160. The molecule has 1 N–H and O–H groups in total. The van der Waals surface area contributed by atoms with Gasteiger partial charge in [0.15, 0.2) is 6.61 Å². The van der Waals surface area contributed by atoms with Gasteiger partial charge in [-0.25, -0.2) is 8.42 Å². The zero-order chi connectivity index (χ0) is 22.9. The van der Waals surface area contributed by atoms with E-state index < -0.39 is 15.9 Å². The molecule has 8 nitrogen and oxygen atoms in total. The Labute approximate surface area is 188 Å². The van der Waals surface area contributed by atoms with Gasteiger partial charge in [0.1, 0.15) is 12.3 Å². The van der Waals surface area contributed by atoms with Gasteiger partial charge in [0.05, 0.1) is 10.6 Å². The smallest absolute Gasteiger partial charge is 0.265 e. The molecule has 170 valence electrons. The summed E-state index contributed by atoms with van der Waals surface area (Å²) in [5.74, 6) is -0.396. The maximum atomic E-state index is 13.1. The molecule has 2 aliphatic rings. The van der Waals surface area contributed by atoms with Gasteiger partial charge in [-0.1, -0.05) is 18.6 Å². The van der Waals surface area contributed by atoms with Crippen molar-refractivity contribution in [2.24, 2.45) is 0 Å². The first kappa shape index (κ1) is 22.3. The van der Waals surface area contributed by atoms with Gasteiger partial charge in [-0.05, 0) is 62.1 Å². The predicted octanol–water partition coefficient (Wildman–Crippen LogP) is 2.84. The van der Waals surface area contributed by atoms with Gasteiger partial charge in [-0.2, -0.15) is 4.31 Å². The first-order valence-electron chi connectivity index (χ1n) is 10.7. The lowest BCUT2D eigenvalue weighted by Crippen LogP contribution is -2.43. The summed E-state index contributed by atoms with van der Waals surface area (Å²) >= 11 is 0. The van der Waals surface area contributed by atoms with Gasteiger partial charge in [0.25, 0.3) is 5.91 Å². The third kappa shape index (κ3) is 4.49. The zero-order valence-corrected chi connectivity index (χ0v) is 19.1. The van der Waals surface area contributed by atoms with Crippen LogP contribution in [0.3, 0.4) is 0 Å². The Balaban J connectivity index is 1.59. The largest absolute Gasteiger partial charge is 0.482 e. The van der Waals surface area contributed by atoms with Crippen LogP contribution in [0.25, 0.3) is 0 Å². The summed E-state index contributed by atoms with van der Waals surface area (Å²) in [5.41, 5.74) is 2.88. The summed E-state index contributed by atoms with van der Waals surface area (Å²) in [6.45, 7) is 4.34. The maximum Gasteiger partial charge on any atom is 0.265 e. The summed E-state index contributed by atoms with van der Waals surface area (Å²) in [7, 11) is -3.68. The minimum absolute atomic E-state index is 0.0939. The Hall–Kier alpha value is -2.91. The average molecular weight is 458 g/mol. The average Bonchev–Trinajstić information content (AvgIpc) is 2.78. The third-order valence-electron chi connectivity index (χ3n) is 5.80. The van der Waals surface area contributed by atoms with Crippen LogP contribution in [-0.2, 0) is 19.6 Å². The number of aryl methyl sites for hydroxylation is 2. The van der Waals surface area contributed by atoms with Crippen LogP contribution in [0, 0.1) is 13.8 Å². The van der Waals surface area contributed by atoms with Gasteiger partial charge >= 0.3 is 0 Å². The van der Waals surface area contributed by atoms with E-state index in [2.05, 4.69) is 5.32 Å². The number of ether oxygens (including phenoxy) is 1. The Morgan fingerprint density at radius 3 is 2.56 bits per heavy atom. The molecule has 4 rings (SSSR count). The molecule has 9 heteroatoms. The van der Waals surface area contributed by atoms with Crippen molar-refractivity contribution in [3.63, 3.8) is 0 Å². The minimum Gasteiger partial charge on any atom is -0.482 e. The fourth-order valence-corrected chi connectivity index (χ4v) is 5.51. The van der Waals surface area contributed by atoms with E-state index in [1.165, 1.54) is 21.3 Å². The number of hydrogen-bond donors (Lipinski definition) is 1. The first-order valence-corrected chi connectivity index (χ1v) is 12.1. The zero-order valence-electron chi connectivity index (χ0n) is 18.3. The van der Waals surface area contributed by atoms with E-state index in [0.717, 1.165) is 30.4 Å². The summed E-state index contributed by atoms with van der Waals surface area (Å²) in [5, 5.41) is 2.85. The summed E-state index contributed by atoms with van der Waals surface area (Å²) < 4.78 is 33.1. The van der Waals surface area contributed by atoms with Gasteiger partial charge in [0.2, 0.25) is 15.9 Å². The van der Waals surface area contributed by atoms with Gasteiger partial charge in [-0.15, -0.1) is 0 Å². The molecule has 2 amide bonds. The van der Waals surface area contributed by atoms with E-state index in [0.29, 0.717) is 24.5 Å². The number of benzene rings is 2. The van der Waals surface area contributed by atoms with Crippen LogP contribution >= 0.6 is 0 Å². The molecule has 32 heavy (non-hydrogen) atoms. The number of carbonyl (C=O) groups excluding carboxylic acids is 2. The van der Waals surface area contributed by atoms with Crippen molar-refractivity contribution >= 4 is 33.2 Å². The molecule has 1 fully saturated rings. The third-order valence-corrected chi connectivity index (χ3v) is 7.69. The second kappa shape index (κ2) is 8.91. The minimum atomic E-state index is -3.68. The Morgan fingerprint density at radius 2 is 1.81 bits per heavy atom. The molecular weight excluding hydrogens is 430 g/mol. The van der Waals surface area contributed by atoms with Crippen LogP contribution in [0.4, 0.5) is 11.4 Å². The number of nitrogens with zero attached hydrogens (tertiary/aromatic N) is 2. The molecule has 2 aromatic rings. The van der Waals surface area contributed by atoms with Crippen LogP contribution in [0.1, 0.15) is 30.4 Å². The molecule has 2 aliphatic heterocycles. The molecule has 2 heterocycles. The fraction of sp³-hybridized carbons (Fsp3) is 0.391. The van der Waals surface area contributed by atoms with Gasteiger partial charge in [-0.3, -0.25) is 14.5 Å². The van der Waals surface area contributed by atoms with Crippen LogP contribution < -0.4 is 15.0 Å². The summed E-state index contributed by atoms with van der Waals surface area (Å²) in [6.07, 6.45) is 2.68. The van der Waals surface area contributed by atoms with Crippen molar-refractivity contribution in [3.8, 4) is 5.75 Å². The molecule has 0 radical (unpaired) electrons. The number of nitrogens with one attached hydrogen (secondary N) is 1. The first-order chi connectivity index (χ1) is 15.3. The normalized spacial score (nSPS) is 16.9. The SMILES string of the molecule is Cc1ccc(C)c(NC(=O)CN2C(=O)COc3ccc(S(=O)(=O)N4CCCCC4)cc32)c1. The van der Waals surface area contributed by atoms with Gasteiger partial charge < -0.3 is 10.1 Å². The highest BCUT2D eigenvalue weighted by atomic mass is 32.2. The number of carbonyl (C=O) groups is 2. The molecule has 2 aromatic carbocycles. The van der Waals surface area contributed by atoms with E-state index in [9.17, 15) is 18.0 Å². The number of sulfonamides is 1. The highest BCUT2D eigenvalue weighted by Crippen LogP contribution is 2.35. The predicted molar refractivity (Wildman–Crippen MR) is 121 cm³/mol. The second-order valence-corrected chi connectivity index (χ2v) is 10.2. The lowest BCUT2D eigenvalue weighted by molar-refractivity contribution is -0.123. The van der Waals surface area contributed by atoms with Crippen molar-refractivity contribution in [1.29, 1.82) is 0 Å². The lowest BCUT2D eigenvalue weighted by atomic mass is 10.1. The molecular formula is C23H27N3O5S. The maximum absolute atomic E-state index is 13.1. The fourth-order valence-electron chi connectivity index (χ4n) is 3.97. The van der Waals surface area contributed by atoms with Crippen molar-refractivity contribution in [2.75, 3.05) is 36.5 Å². The molecule has 0 atom stereocenters. The van der Waals surface area contributed by atoms with E-state index in [1.807, 2.05) is 32.0 Å². The molecule has 0 aromatic heterocycles. The van der Waals surface area contributed by atoms with Crippen molar-refractivity contribution in [3.05, 3.63) is 47.5 Å². The number of hydrogen-bond acceptors (Lipinski definition) is 5. The number of fused-ring (bicyclic) bond motifs is 1. The standard InChI is InChI=1S/C23H27N3O5S/c1-16-6-7-17(2)19(12-16)24-22(27)14-26-20-13-18(8-9-21(20)31-15-23(26)28)32(29,30)25-10-4-3-5-11-25/h6-9,12-13H,3-5,10-11,14-15H2,1-2H3,(H,24,27). The van der Waals surface area contributed by atoms with Crippen LogP contribution in [0.15, 0.2) is 41.3 Å².